The van der Waals surface area contributed by atoms with Crippen LogP contribution in [0.5, 0.6) is 0 Å². The van der Waals surface area contributed by atoms with Crippen LogP contribution in [0.4, 0.5) is 8.78 Å². The third-order valence-corrected chi connectivity index (χ3v) is 3.53. The van der Waals surface area contributed by atoms with Gasteiger partial charge in [-0.25, -0.2) is 0 Å². The smallest absolute Gasteiger partial charge is 0.189 e. The van der Waals surface area contributed by atoms with Crippen molar-refractivity contribution >= 4 is 22.6 Å². The lowest BCUT2D eigenvalue weighted by Gasteiger charge is -2.09. The second kappa shape index (κ2) is 5.34. The molecule has 0 aromatic heterocycles. The molecule has 0 bridgehead atoms. The van der Waals surface area contributed by atoms with E-state index in [2.05, 4.69) is 19.1 Å². The molecule has 0 aliphatic rings. The van der Waals surface area contributed by atoms with Crippen LogP contribution in [0, 0.1) is 0 Å². The van der Waals surface area contributed by atoms with Gasteiger partial charge in [0.25, 0.3) is 0 Å². The van der Waals surface area contributed by atoms with Gasteiger partial charge in [-0.3, -0.25) is 0 Å². The van der Waals surface area contributed by atoms with Gasteiger partial charge >= 0.3 is 3.93 Å². The predicted molar refractivity (Wildman–Crippen MR) is 79.2 cm³/mol. The highest BCUT2D eigenvalue weighted by Crippen LogP contribution is 2.35. The summed E-state index contributed by atoms with van der Waals surface area (Å²) in [5.74, 6) is 0. The molecule has 0 N–H and O–H groups in total. The van der Waals surface area contributed by atoms with Gasteiger partial charge in [-0.1, -0.05) is 55.5 Å². The molecule has 0 saturated carbocycles. The van der Waals surface area contributed by atoms with E-state index in [0.717, 1.165) is 40.1 Å². The Morgan fingerprint density at radius 2 is 1.33 bits per heavy atom. The maximum atomic E-state index is 13.1. The lowest BCUT2D eigenvalue weighted by Crippen LogP contribution is -2.01. The molecule has 0 saturated heterocycles. The Hall–Kier alpha value is -0.970. The van der Waals surface area contributed by atoms with E-state index in [1.807, 2.05) is 12.1 Å². The van der Waals surface area contributed by atoms with Crippen molar-refractivity contribution in [1.29, 1.82) is 0 Å². The van der Waals surface area contributed by atoms with Crippen molar-refractivity contribution in [1.82, 2.24) is 0 Å². The van der Waals surface area contributed by atoms with Crippen molar-refractivity contribution in [2.75, 3.05) is 0 Å². The average molecular weight is 358 g/mol. The van der Waals surface area contributed by atoms with Crippen molar-refractivity contribution in [3.8, 4) is 11.1 Å². The highest BCUT2D eigenvalue weighted by Gasteiger charge is 2.26. The van der Waals surface area contributed by atoms with Gasteiger partial charge in [0.05, 0.1) is 0 Å². The van der Waals surface area contributed by atoms with Crippen molar-refractivity contribution in [2.24, 2.45) is 0 Å². The lowest BCUT2D eigenvalue weighted by atomic mass is 10.0. The van der Waals surface area contributed by atoms with Gasteiger partial charge in [0, 0.05) is 28.2 Å². The number of hydrogen-bond donors (Lipinski definition) is 0. The van der Waals surface area contributed by atoms with Gasteiger partial charge in [-0.2, -0.15) is 8.78 Å². The minimum absolute atomic E-state index is 0.0389. The van der Waals surface area contributed by atoms with E-state index in [4.69, 9.17) is 0 Å². The fourth-order valence-corrected chi connectivity index (χ4v) is 2.14. The summed E-state index contributed by atoms with van der Waals surface area (Å²) in [7, 11) is 0. The molecule has 0 nitrogen and oxygen atoms in total. The Kier molecular flexibility index (Phi) is 4.00. The van der Waals surface area contributed by atoms with Crippen LogP contribution in [0.25, 0.3) is 11.1 Å². The number of benzene rings is 2. The van der Waals surface area contributed by atoms with Crippen molar-refractivity contribution in [3.05, 3.63) is 59.7 Å². The van der Waals surface area contributed by atoms with Crippen LogP contribution in [0.15, 0.2) is 48.5 Å². The molecule has 3 heteroatoms. The molecule has 0 heterocycles. The highest BCUT2D eigenvalue weighted by atomic mass is 127. The van der Waals surface area contributed by atoms with Gasteiger partial charge in [0.2, 0.25) is 0 Å². The third-order valence-electron chi connectivity index (χ3n) is 2.91. The Morgan fingerprint density at radius 1 is 0.889 bits per heavy atom. The van der Waals surface area contributed by atoms with Crippen LogP contribution < -0.4 is 0 Å². The maximum absolute atomic E-state index is 13.1. The van der Waals surface area contributed by atoms with Crippen LogP contribution in [-0.2, 0) is 10.4 Å². The number of alkyl halides is 3. The van der Waals surface area contributed by atoms with Crippen LogP contribution in [-0.4, -0.2) is 0 Å². The zero-order chi connectivity index (χ0) is 13.2. The fourth-order valence-electron chi connectivity index (χ4n) is 1.78. The van der Waals surface area contributed by atoms with Crippen LogP contribution in [0.1, 0.15) is 18.1 Å². The molecule has 94 valence electrons. The number of rotatable bonds is 3. The van der Waals surface area contributed by atoms with E-state index in [1.165, 1.54) is 17.7 Å². The predicted octanol–water partition coefficient (Wildman–Crippen LogP) is 5.40. The van der Waals surface area contributed by atoms with Gasteiger partial charge in [0.1, 0.15) is 0 Å². The standard InChI is InChI=1S/C15H13F2I/c1-2-11-3-5-12(6-4-11)13-7-9-14(10-8-13)15(16,17)18/h3-10H,2H2,1H3. The molecule has 0 aliphatic heterocycles. The molecule has 0 spiro atoms. The second-order valence-electron chi connectivity index (χ2n) is 4.13. The molecular formula is C15H13F2I. The molecule has 2 aromatic carbocycles. The first-order valence-electron chi connectivity index (χ1n) is 5.77. The summed E-state index contributed by atoms with van der Waals surface area (Å²) in [6.45, 7) is 2.10. The van der Waals surface area contributed by atoms with E-state index in [0.29, 0.717) is 0 Å². The summed E-state index contributed by atoms with van der Waals surface area (Å²) >= 11 is 1.14. The van der Waals surface area contributed by atoms with Gasteiger partial charge in [-0.15, -0.1) is 0 Å². The fraction of sp³-hybridized carbons (Fsp3) is 0.200. The van der Waals surface area contributed by atoms with E-state index in [9.17, 15) is 8.78 Å². The summed E-state index contributed by atoms with van der Waals surface area (Å²) in [6.07, 6.45) is 1.00. The normalized spacial score (nSPS) is 11.6. The van der Waals surface area contributed by atoms with Gasteiger partial charge in [-0.05, 0) is 23.1 Å². The van der Waals surface area contributed by atoms with E-state index in [1.54, 1.807) is 12.1 Å². The first-order chi connectivity index (χ1) is 8.50. The minimum atomic E-state index is -2.80. The molecule has 0 aliphatic carbocycles. The molecule has 18 heavy (non-hydrogen) atoms. The molecule has 2 rings (SSSR count). The molecule has 0 atom stereocenters. The maximum Gasteiger partial charge on any atom is 0.321 e. The lowest BCUT2D eigenvalue weighted by molar-refractivity contribution is 0.127. The van der Waals surface area contributed by atoms with Crippen molar-refractivity contribution < 1.29 is 8.78 Å². The second-order valence-corrected chi connectivity index (χ2v) is 5.48. The summed E-state index contributed by atoms with van der Waals surface area (Å²) in [5, 5.41) is 0. The largest absolute Gasteiger partial charge is 0.321 e. The Labute approximate surface area is 119 Å². The van der Waals surface area contributed by atoms with Crippen molar-refractivity contribution in [3.63, 3.8) is 0 Å². The SMILES string of the molecule is CCc1ccc(-c2ccc(C(F)(F)I)cc2)cc1. The van der Waals surface area contributed by atoms with E-state index < -0.39 is 3.93 Å². The number of aryl methyl sites for hydroxylation is 1. The number of halogens is 3. The molecule has 0 unspecified atom stereocenters. The first-order valence-corrected chi connectivity index (χ1v) is 6.85. The summed E-state index contributed by atoms with van der Waals surface area (Å²) in [4.78, 5) is 0. The molecular weight excluding hydrogens is 345 g/mol. The minimum Gasteiger partial charge on any atom is -0.189 e. The third kappa shape index (κ3) is 3.07. The highest BCUT2D eigenvalue weighted by molar-refractivity contribution is 14.1. The van der Waals surface area contributed by atoms with Crippen molar-refractivity contribution in [2.45, 2.75) is 17.3 Å². The summed E-state index contributed by atoms with van der Waals surface area (Å²) in [6, 6.07) is 14.6. The topological polar surface area (TPSA) is 0 Å². The summed E-state index contributed by atoms with van der Waals surface area (Å²) < 4.78 is 23.3. The molecule has 2 aromatic rings. The van der Waals surface area contributed by atoms with Gasteiger partial charge in [0.15, 0.2) is 0 Å². The molecule has 0 fully saturated rings. The number of hydrogen-bond acceptors (Lipinski definition) is 0. The Balaban J connectivity index is 2.28. The van der Waals surface area contributed by atoms with Gasteiger partial charge < -0.3 is 0 Å². The van der Waals surface area contributed by atoms with Crippen LogP contribution in [0.2, 0.25) is 0 Å². The zero-order valence-corrected chi connectivity index (χ0v) is 12.1. The van der Waals surface area contributed by atoms with Crippen LogP contribution >= 0.6 is 22.6 Å². The molecule has 0 radical (unpaired) electrons. The summed E-state index contributed by atoms with van der Waals surface area (Å²) in [5.41, 5.74) is 3.32. The Morgan fingerprint density at radius 3 is 1.72 bits per heavy atom. The van der Waals surface area contributed by atoms with E-state index in [-0.39, 0.29) is 5.56 Å². The average Bonchev–Trinajstić information content (AvgIpc) is 2.38. The Bertz CT molecular complexity index is 510. The quantitative estimate of drug-likeness (QED) is 0.509. The van der Waals surface area contributed by atoms with E-state index >= 15 is 0 Å². The monoisotopic (exact) mass is 358 g/mol. The van der Waals surface area contributed by atoms with Crippen LogP contribution in [0.3, 0.4) is 0 Å². The first kappa shape index (κ1) is 13.5. The molecule has 0 amide bonds. The zero-order valence-electron chi connectivity index (χ0n) is 9.96.